The fourth-order valence-corrected chi connectivity index (χ4v) is 0.998. The molecule has 0 fully saturated rings. The molecule has 0 saturated carbocycles. The van der Waals surface area contributed by atoms with Crippen molar-refractivity contribution in [2.45, 2.75) is 25.7 Å². The standard InChI is InChI=1S/C9H13.Pt/c1-9-7-5-3-2-4-6-8-9;/h3,5,7H,1-2,4,6,8H2;/q-1;. The zero-order valence-corrected chi connectivity index (χ0v) is 8.36. The summed E-state index contributed by atoms with van der Waals surface area (Å²) in [5.41, 5.74) is 1.27. The minimum atomic E-state index is 0. The SMILES string of the molecule is [CH2-]C1=CC=CCCCC1.[Pt]. The van der Waals surface area contributed by atoms with Gasteiger partial charge in [0.15, 0.2) is 0 Å². The third-order valence-electron chi connectivity index (χ3n) is 1.59. The van der Waals surface area contributed by atoms with Crippen LogP contribution >= 0.6 is 0 Å². The zero-order chi connectivity index (χ0) is 6.53. The van der Waals surface area contributed by atoms with Gasteiger partial charge in [0.05, 0.1) is 0 Å². The van der Waals surface area contributed by atoms with Gasteiger partial charge < -0.3 is 0 Å². The van der Waals surface area contributed by atoms with E-state index in [1.807, 2.05) is 0 Å². The Balaban J connectivity index is 0.000000810. The molecule has 0 aromatic carbocycles. The van der Waals surface area contributed by atoms with Gasteiger partial charge in [0.1, 0.15) is 0 Å². The normalized spacial score (nSPS) is 18.2. The van der Waals surface area contributed by atoms with Crippen molar-refractivity contribution in [3.8, 4) is 0 Å². The third kappa shape index (κ3) is 3.95. The fraction of sp³-hybridized carbons (Fsp3) is 0.444. The topological polar surface area (TPSA) is 0 Å². The van der Waals surface area contributed by atoms with Crippen LogP contribution in [-0.4, -0.2) is 0 Å². The van der Waals surface area contributed by atoms with Crippen LogP contribution in [0.5, 0.6) is 0 Å². The first-order valence-corrected chi connectivity index (χ1v) is 3.57. The molecule has 0 spiro atoms. The second-order valence-corrected chi connectivity index (χ2v) is 2.50. The second-order valence-electron chi connectivity index (χ2n) is 2.50. The van der Waals surface area contributed by atoms with Gasteiger partial charge in [-0.15, -0.1) is 12.2 Å². The predicted molar refractivity (Wildman–Crippen MR) is 41.0 cm³/mol. The van der Waals surface area contributed by atoms with Gasteiger partial charge in [-0.2, -0.15) is 0 Å². The Bertz CT molecular complexity index is 134. The summed E-state index contributed by atoms with van der Waals surface area (Å²) in [6.07, 6.45) is 11.5. The van der Waals surface area contributed by atoms with Crippen LogP contribution in [-0.2, 0) is 21.1 Å². The van der Waals surface area contributed by atoms with Crippen LogP contribution in [0.4, 0.5) is 0 Å². The van der Waals surface area contributed by atoms with E-state index in [9.17, 15) is 0 Å². The molecule has 0 saturated heterocycles. The average molecular weight is 316 g/mol. The Morgan fingerprint density at radius 1 is 1.30 bits per heavy atom. The Hall–Kier alpha value is 0.0383. The van der Waals surface area contributed by atoms with Crippen molar-refractivity contribution in [2.75, 3.05) is 0 Å². The summed E-state index contributed by atoms with van der Waals surface area (Å²) in [6, 6.07) is 0. The van der Waals surface area contributed by atoms with Crippen LogP contribution in [0.1, 0.15) is 25.7 Å². The molecule has 0 unspecified atom stereocenters. The summed E-state index contributed by atoms with van der Waals surface area (Å²) in [5, 5.41) is 0. The quantitative estimate of drug-likeness (QED) is 0.603. The van der Waals surface area contributed by atoms with Crippen molar-refractivity contribution in [1.82, 2.24) is 0 Å². The van der Waals surface area contributed by atoms with Crippen molar-refractivity contribution < 1.29 is 21.1 Å². The molecule has 0 aromatic rings. The summed E-state index contributed by atoms with van der Waals surface area (Å²) >= 11 is 0. The van der Waals surface area contributed by atoms with E-state index in [1.54, 1.807) is 0 Å². The zero-order valence-electron chi connectivity index (χ0n) is 6.08. The van der Waals surface area contributed by atoms with Gasteiger partial charge in [-0.05, 0) is 12.8 Å². The molecule has 0 atom stereocenters. The number of allylic oxidation sites excluding steroid dienone is 4. The van der Waals surface area contributed by atoms with E-state index in [0.29, 0.717) is 0 Å². The summed E-state index contributed by atoms with van der Waals surface area (Å²) in [7, 11) is 0. The summed E-state index contributed by atoms with van der Waals surface area (Å²) < 4.78 is 0. The molecule has 60 valence electrons. The minimum Gasteiger partial charge on any atom is -0.242 e. The second kappa shape index (κ2) is 5.80. The molecule has 0 N–H and O–H groups in total. The molecule has 1 heteroatoms. The molecule has 1 aliphatic rings. The molecule has 0 aliphatic heterocycles. The van der Waals surface area contributed by atoms with Crippen LogP contribution in [0.15, 0.2) is 23.8 Å². The van der Waals surface area contributed by atoms with E-state index in [1.165, 1.54) is 31.3 Å². The van der Waals surface area contributed by atoms with Crippen LogP contribution < -0.4 is 0 Å². The van der Waals surface area contributed by atoms with Gasteiger partial charge in [-0.25, -0.2) is 18.6 Å². The molecule has 0 amide bonds. The van der Waals surface area contributed by atoms with E-state index in [2.05, 4.69) is 25.2 Å². The Labute approximate surface area is 77.7 Å². The maximum atomic E-state index is 3.91. The Morgan fingerprint density at radius 2 is 2.10 bits per heavy atom. The van der Waals surface area contributed by atoms with Crippen LogP contribution in [0.25, 0.3) is 0 Å². The van der Waals surface area contributed by atoms with E-state index in [0.717, 1.165) is 0 Å². The van der Waals surface area contributed by atoms with Gasteiger partial charge in [-0.3, -0.25) is 0 Å². The van der Waals surface area contributed by atoms with Gasteiger partial charge in [-0.1, -0.05) is 12.8 Å². The number of rotatable bonds is 0. The Morgan fingerprint density at radius 3 is 2.90 bits per heavy atom. The van der Waals surface area contributed by atoms with Crippen molar-refractivity contribution in [1.29, 1.82) is 0 Å². The van der Waals surface area contributed by atoms with E-state index in [4.69, 9.17) is 0 Å². The molecule has 0 nitrogen and oxygen atoms in total. The number of hydrogen-bond donors (Lipinski definition) is 0. The van der Waals surface area contributed by atoms with Gasteiger partial charge >= 0.3 is 0 Å². The van der Waals surface area contributed by atoms with Gasteiger partial charge in [0, 0.05) is 21.1 Å². The van der Waals surface area contributed by atoms with E-state index >= 15 is 0 Å². The molecule has 10 heavy (non-hydrogen) atoms. The van der Waals surface area contributed by atoms with E-state index < -0.39 is 0 Å². The molecule has 0 heterocycles. The van der Waals surface area contributed by atoms with Gasteiger partial charge in [0.2, 0.25) is 0 Å². The van der Waals surface area contributed by atoms with Crippen molar-refractivity contribution in [3.05, 3.63) is 30.7 Å². The monoisotopic (exact) mass is 316 g/mol. The van der Waals surface area contributed by atoms with Crippen LogP contribution in [0.3, 0.4) is 0 Å². The first-order chi connectivity index (χ1) is 4.39. The smallest absolute Gasteiger partial charge is 0 e. The van der Waals surface area contributed by atoms with E-state index in [-0.39, 0.29) is 21.1 Å². The average Bonchev–Trinajstić information content (AvgIpc) is 1.79. The molecular formula is C9H13Pt-. The van der Waals surface area contributed by atoms with Crippen LogP contribution in [0, 0.1) is 6.92 Å². The summed E-state index contributed by atoms with van der Waals surface area (Å²) in [5.74, 6) is 0. The minimum absolute atomic E-state index is 0. The maximum Gasteiger partial charge on any atom is 0 e. The molecule has 0 aromatic heterocycles. The molecule has 1 aliphatic carbocycles. The largest absolute Gasteiger partial charge is 0.242 e. The predicted octanol–water partition coefficient (Wildman–Crippen LogP) is 2.87. The molecular weight excluding hydrogens is 303 g/mol. The van der Waals surface area contributed by atoms with Crippen molar-refractivity contribution in [2.24, 2.45) is 0 Å². The van der Waals surface area contributed by atoms with Crippen molar-refractivity contribution in [3.63, 3.8) is 0 Å². The van der Waals surface area contributed by atoms with Crippen molar-refractivity contribution >= 4 is 0 Å². The molecule has 1 rings (SSSR count). The number of hydrogen-bond acceptors (Lipinski definition) is 0. The summed E-state index contributed by atoms with van der Waals surface area (Å²) in [6.45, 7) is 3.91. The third-order valence-corrected chi connectivity index (χ3v) is 1.59. The maximum absolute atomic E-state index is 3.91. The summed E-state index contributed by atoms with van der Waals surface area (Å²) in [4.78, 5) is 0. The van der Waals surface area contributed by atoms with Gasteiger partial charge in [0.25, 0.3) is 0 Å². The molecule has 0 bridgehead atoms. The fourth-order valence-electron chi connectivity index (χ4n) is 0.998. The van der Waals surface area contributed by atoms with Crippen LogP contribution in [0.2, 0.25) is 0 Å². The Kier molecular flexibility index (Phi) is 5.82. The first-order valence-electron chi connectivity index (χ1n) is 3.57. The first kappa shape index (κ1) is 10.0. The molecule has 0 radical (unpaired) electrons.